The van der Waals surface area contributed by atoms with Crippen LogP contribution in [0.1, 0.15) is 41.6 Å². The fourth-order valence-corrected chi connectivity index (χ4v) is 4.98. The lowest BCUT2D eigenvalue weighted by Crippen LogP contribution is -2.32. The molecule has 0 spiro atoms. The number of hydrogen-bond donors (Lipinski definition) is 0. The first kappa shape index (κ1) is 21.3. The van der Waals surface area contributed by atoms with Crippen molar-refractivity contribution in [1.29, 1.82) is 0 Å². The molecule has 0 radical (unpaired) electrons. The van der Waals surface area contributed by atoms with Gasteiger partial charge < -0.3 is 9.47 Å². The van der Waals surface area contributed by atoms with Crippen LogP contribution in [0.25, 0.3) is 0 Å². The molecule has 1 aliphatic rings. The zero-order valence-electron chi connectivity index (χ0n) is 16.3. The minimum Gasteiger partial charge on any atom is -0.495 e. The van der Waals surface area contributed by atoms with Gasteiger partial charge in [0.05, 0.1) is 12.7 Å². The van der Waals surface area contributed by atoms with Crippen LogP contribution in [0, 0.1) is 5.82 Å². The van der Waals surface area contributed by atoms with E-state index in [9.17, 15) is 17.6 Å². The molecule has 8 heteroatoms. The molecule has 0 unspecified atom stereocenters. The van der Waals surface area contributed by atoms with Crippen molar-refractivity contribution in [3.05, 3.63) is 59.4 Å². The number of benzene rings is 2. The number of rotatable bonds is 6. The van der Waals surface area contributed by atoms with Crippen LogP contribution in [-0.2, 0) is 21.4 Å². The number of methoxy groups -OCH3 is 1. The van der Waals surface area contributed by atoms with Gasteiger partial charge in [-0.2, -0.15) is 4.31 Å². The molecule has 3 rings (SSSR count). The maximum atomic E-state index is 13.3. The van der Waals surface area contributed by atoms with E-state index in [-0.39, 0.29) is 22.8 Å². The highest BCUT2D eigenvalue weighted by atomic mass is 32.2. The second-order valence-electron chi connectivity index (χ2n) is 6.89. The Labute approximate surface area is 170 Å². The number of hydrogen-bond acceptors (Lipinski definition) is 5. The number of carbonyl (C=O) groups is 1. The fourth-order valence-electron chi connectivity index (χ4n) is 3.29. The van der Waals surface area contributed by atoms with Gasteiger partial charge in [-0.1, -0.05) is 25.0 Å². The van der Waals surface area contributed by atoms with Crippen molar-refractivity contribution in [2.24, 2.45) is 0 Å². The molecule has 1 aliphatic heterocycles. The summed E-state index contributed by atoms with van der Waals surface area (Å²) in [7, 11) is -2.42. The van der Waals surface area contributed by atoms with Crippen LogP contribution in [0.15, 0.2) is 47.4 Å². The molecule has 29 heavy (non-hydrogen) atoms. The molecule has 0 aliphatic carbocycles. The van der Waals surface area contributed by atoms with Crippen LogP contribution in [0.4, 0.5) is 4.39 Å². The van der Waals surface area contributed by atoms with Gasteiger partial charge in [0.25, 0.3) is 0 Å². The molecule has 0 amide bonds. The van der Waals surface area contributed by atoms with Crippen molar-refractivity contribution in [3.63, 3.8) is 0 Å². The van der Waals surface area contributed by atoms with E-state index in [1.54, 1.807) is 6.07 Å². The van der Waals surface area contributed by atoms with E-state index in [0.29, 0.717) is 18.7 Å². The quantitative estimate of drug-likeness (QED) is 0.664. The molecule has 6 nitrogen and oxygen atoms in total. The molecule has 2 aromatic rings. The van der Waals surface area contributed by atoms with Gasteiger partial charge in [-0.3, -0.25) is 0 Å². The third kappa shape index (κ3) is 5.13. The van der Waals surface area contributed by atoms with Crippen molar-refractivity contribution < 1.29 is 27.1 Å². The highest BCUT2D eigenvalue weighted by Gasteiger charge is 2.29. The van der Waals surface area contributed by atoms with E-state index in [0.717, 1.165) is 25.7 Å². The minimum atomic E-state index is -3.81. The fraction of sp³-hybridized carbons (Fsp3) is 0.381. The maximum Gasteiger partial charge on any atom is 0.338 e. The Morgan fingerprint density at radius 3 is 2.45 bits per heavy atom. The topological polar surface area (TPSA) is 72.9 Å². The second kappa shape index (κ2) is 9.37. The van der Waals surface area contributed by atoms with Crippen LogP contribution in [0.3, 0.4) is 0 Å². The summed E-state index contributed by atoms with van der Waals surface area (Å²) in [4.78, 5) is 12.4. The van der Waals surface area contributed by atoms with E-state index < -0.39 is 21.8 Å². The third-order valence-corrected chi connectivity index (χ3v) is 6.76. The van der Waals surface area contributed by atoms with Crippen LogP contribution < -0.4 is 4.74 Å². The highest BCUT2D eigenvalue weighted by Crippen LogP contribution is 2.29. The largest absolute Gasteiger partial charge is 0.495 e. The van der Waals surface area contributed by atoms with Crippen LogP contribution in [0.5, 0.6) is 5.75 Å². The second-order valence-corrected chi connectivity index (χ2v) is 8.80. The lowest BCUT2D eigenvalue weighted by Gasteiger charge is -2.21. The van der Waals surface area contributed by atoms with E-state index in [1.807, 2.05) is 0 Å². The first-order valence-corrected chi connectivity index (χ1v) is 11.0. The van der Waals surface area contributed by atoms with Gasteiger partial charge in [-0.15, -0.1) is 0 Å². The van der Waals surface area contributed by atoms with Gasteiger partial charge in [-0.05, 0) is 48.7 Å². The summed E-state index contributed by atoms with van der Waals surface area (Å²) >= 11 is 0. The summed E-state index contributed by atoms with van der Waals surface area (Å²) in [6.45, 7) is 0.774. The van der Waals surface area contributed by atoms with Gasteiger partial charge in [0.15, 0.2) is 0 Å². The Bertz CT molecular complexity index is 969. The molecule has 1 fully saturated rings. The monoisotopic (exact) mass is 421 g/mol. The predicted octanol–water partition coefficient (Wildman–Crippen LogP) is 3.76. The number of ether oxygens (including phenoxy) is 2. The minimum absolute atomic E-state index is 0.0536. The van der Waals surface area contributed by atoms with Gasteiger partial charge >= 0.3 is 5.97 Å². The molecule has 156 valence electrons. The SMILES string of the molecule is COc1ccc(C(=O)OCc2cccc(F)c2)cc1S(=O)(=O)N1CCCCCC1. The molecule has 0 aromatic heterocycles. The number of halogens is 1. The summed E-state index contributed by atoms with van der Waals surface area (Å²) < 4.78 is 51.5. The summed E-state index contributed by atoms with van der Waals surface area (Å²) in [5.41, 5.74) is 0.597. The molecule has 2 aromatic carbocycles. The Morgan fingerprint density at radius 2 is 1.79 bits per heavy atom. The predicted molar refractivity (Wildman–Crippen MR) is 106 cm³/mol. The van der Waals surface area contributed by atoms with Crippen LogP contribution in [-0.4, -0.2) is 38.9 Å². The van der Waals surface area contributed by atoms with Crippen molar-refractivity contribution in [2.45, 2.75) is 37.2 Å². The van der Waals surface area contributed by atoms with E-state index in [1.165, 1.54) is 47.8 Å². The molecule has 1 saturated heterocycles. The summed E-state index contributed by atoms with van der Waals surface area (Å²) in [5.74, 6) is -0.936. The number of sulfonamides is 1. The average Bonchev–Trinajstić information content (AvgIpc) is 3.02. The molecule has 0 saturated carbocycles. The lowest BCUT2D eigenvalue weighted by molar-refractivity contribution is 0.0472. The summed E-state index contributed by atoms with van der Waals surface area (Å²) in [5, 5.41) is 0. The normalized spacial score (nSPS) is 15.5. The van der Waals surface area contributed by atoms with E-state index in [2.05, 4.69) is 0 Å². The first-order valence-electron chi connectivity index (χ1n) is 9.51. The number of esters is 1. The number of carbonyl (C=O) groups excluding carboxylic acids is 1. The zero-order chi connectivity index (χ0) is 20.9. The molecule has 0 N–H and O–H groups in total. The third-order valence-electron chi connectivity index (χ3n) is 4.84. The first-order chi connectivity index (χ1) is 13.9. The lowest BCUT2D eigenvalue weighted by atomic mass is 10.2. The molecule has 0 atom stereocenters. The molecular formula is C21H24FNO5S. The molecular weight excluding hydrogens is 397 g/mol. The van der Waals surface area contributed by atoms with Gasteiger partial charge in [0.1, 0.15) is 23.1 Å². The van der Waals surface area contributed by atoms with Crippen molar-refractivity contribution in [1.82, 2.24) is 4.31 Å². The maximum absolute atomic E-state index is 13.3. The zero-order valence-corrected chi connectivity index (χ0v) is 17.1. The Kier molecular flexibility index (Phi) is 6.87. The van der Waals surface area contributed by atoms with Gasteiger partial charge in [0, 0.05) is 13.1 Å². The molecule has 0 bridgehead atoms. The van der Waals surface area contributed by atoms with Crippen molar-refractivity contribution in [3.8, 4) is 5.75 Å². The Balaban J connectivity index is 1.83. The highest BCUT2D eigenvalue weighted by molar-refractivity contribution is 7.89. The van der Waals surface area contributed by atoms with Crippen molar-refractivity contribution in [2.75, 3.05) is 20.2 Å². The van der Waals surface area contributed by atoms with Gasteiger partial charge in [0.2, 0.25) is 10.0 Å². The van der Waals surface area contributed by atoms with Crippen molar-refractivity contribution >= 4 is 16.0 Å². The average molecular weight is 421 g/mol. The summed E-state index contributed by atoms with van der Waals surface area (Å²) in [6, 6.07) is 9.92. The summed E-state index contributed by atoms with van der Waals surface area (Å²) in [6.07, 6.45) is 3.60. The van der Waals surface area contributed by atoms with Crippen LogP contribution >= 0.6 is 0 Å². The van der Waals surface area contributed by atoms with Gasteiger partial charge in [-0.25, -0.2) is 17.6 Å². The standard InChI is InChI=1S/C21H24FNO5S/c1-27-19-10-9-17(21(24)28-15-16-7-6-8-18(22)13-16)14-20(19)29(25,26)23-11-4-2-3-5-12-23/h6-10,13-14H,2-5,11-12,15H2,1H3. The Hall–Kier alpha value is -2.45. The van der Waals surface area contributed by atoms with Crippen LogP contribution in [0.2, 0.25) is 0 Å². The van der Waals surface area contributed by atoms with E-state index in [4.69, 9.17) is 9.47 Å². The van der Waals surface area contributed by atoms with E-state index >= 15 is 0 Å². The smallest absolute Gasteiger partial charge is 0.338 e. The Morgan fingerprint density at radius 1 is 1.07 bits per heavy atom. The molecule has 1 heterocycles. The number of nitrogens with zero attached hydrogens (tertiary/aromatic N) is 1.